The van der Waals surface area contributed by atoms with Crippen molar-refractivity contribution in [2.75, 3.05) is 106 Å². The van der Waals surface area contributed by atoms with E-state index < -0.39 is 0 Å². The Labute approximate surface area is 470 Å². The largest absolute Gasteiger partial charge is 0.469 e. The van der Waals surface area contributed by atoms with Crippen LogP contribution < -0.4 is 0 Å². The molecule has 12 heteroatoms. The normalized spacial score (nSPS) is 11.7. The Bertz CT molecular complexity index is 1230. The predicted molar refractivity (Wildman–Crippen MR) is 319 cm³/mol. The van der Waals surface area contributed by atoms with E-state index in [9.17, 15) is 19.2 Å². The van der Waals surface area contributed by atoms with Crippen molar-refractivity contribution in [3.63, 3.8) is 0 Å². The van der Waals surface area contributed by atoms with Crippen LogP contribution in [0.4, 0.5) is 0 Å². The first-order valence-corrected chi connectivity index (χ1v) is 32.5. The lowest BCUT2D eigenvalue weighted by Gasteiger charge is -2.27. The molecule has 0 unspecified atom stereocenters. The van der Waals surface area contributed by atoms with Crippen molar-refractivity contribution in [2.24, 2.45) is 0 Å². The molecule has 12 nitrogen and oxygen atoms in total. The Morgan fingerprint density at radius 1 is 0.263 bits per heavy atom. The first-order chi connectivity index (χ1) is 37.1. The Morgan fingerprint density at radius 2 is 0.487 bits per heavy atom. The van der Waals surface area contributed by atoms with E-state index in [0.717, 1.165) is 84.2 Å². The number of hydrogen-bond acceptors (Lipinski definition) is 12. The van der Waals surface area contributed by atoms with Crippen molar-refractivity contribution < 1.29 is 38.1 Å². The zero-order valence-electron chi connectivity index (χ0n) is 51.2. The van der Waals surface area contributed by atoms with Crippen LogP contribution in [0.1, 0.15) is 284 Å². The molecule has 0 fully saturated rings. The molecule has 0 aromatic rings. The molecule has 0 aromatic heterocycles. The number of rotatable bonds is 61. The van der Waals surface area contributed by atoms with Gasteiger partial charge in [-0.15, -0.1) is 0 Å². The van der Waals surface area contributed by atoms with Gasteiger partial charge in [0.1, 0.15) is 0 Å². The number of hydrogen-bond donors (Lipinski definition) is 0. The first kappa shape index (κ1) is 73.7. The molecule has 0 aromatic carbocycles. The van der Waals surface area contributed by atoms with Crippen LogP contribution in [0.2, 0.25) is 0 Å². The molecule has 0 N–H and O–H groups in total. The van der Waals surface area contributed by atoms with Crippen LogP contribution >= 0.6 is 0 Å². The monoisotopic (exact) mass is 1080 g/mol. The summed E-state index contributed by atoms with van der Waals surface area (Å²) in [5.74, 6) is -0.735. The molecule has 450 valence electrons. The smallest absolute Gasteiger partial charge is 0.307 e. The number of nitrogens with zero attached hydrogens (tertiary/aromatic N) is 4. The van der Waals surface area contributed by atoms with Gasteiger partial charge in [0, 0.05) is 52.4 Å². The number of carbonyl (C=O) groups is 4. The summed E-state index contributed by atoms with van der Waals surface area (Å²) in [6.07, 6.45) is 48.1. The second-order valence-corrected chi connectivity index (χ2v) is 22.5. The van der Waals surface area contributed by atoms with E-state index in [2.05, 4.69) is 54.5 Å². The number of esters is 4. The quantitative estimate of drug-likeness (QED) is 0.0328. The summed E-state index contributed by atoms with van der Waals surface area (Å²) in [4.78, 5) is 59.4. The van der Waals surface area contributed by atoms with Gasteiger partial charge < -0.3 is 38.5 Å². The number of carbonyl (C=O) groups excluding carboxylic acids is 4. The molecule has 0 spiro atoms. The van der Waals surface area contributed by atoms with Crippen LogP contribution in [0.5, 0.6) is 0 Å². The second kappa shape index (κ2) is 58.9. The van der Waals surface area contributed by atoms with Crippen LogP contribution in [0.15, 0.2) is 0 Å². The average Bonchev–Trinajstić information content (AvgIpc) is 3.41. The van der Waals surface area contributed by atoms with Gasteiger partial charge in [-0.3, -0.25) is 19.2 Å². The first-order valence-electron chi connectivity index (χ1n) is 32.5. The van der Waals surface area contributed by atoms with Gasteiger partial charge in [0.15, 0.2) is 0 Å². The maximum absolute atomic E-state index is 12.8. The van der Waals surface area contributed by atoms with Crippen LogP contribution in [0, 0.1) is 0 Å². The fourth-order valence-corrected chi connectivity index (χ4v) is 9.83. The number of ether oxygens (including phenoxy) is 4. The highest BCUT2D eigenvalue weighted by Crippen LogP contribution is 2.15. The highest BCUT2D eigenvalue weighted by molar-refractivity contribution is 5.70. The maximum Gasteiger partial charge on any atom is 0.307 e. The molecule has 0 atom stereocenters. The zero-order chi connectivity index (χ0) is 55.6. The SMILES string of the molecule is CCCCCCCCCCCCCCOC(=O)CCN(CCC(=O)OC)CCN(C)CCCN(C)CCN(CCC(=O)OCCCCCCCCCCCCCC)CCC(=O)OCCCCCCCCCCCCCC. The minimum Gasteiger partial charge on any atom is -0.469 e. The van der Waals surface area contributed by atoms with Crippen LogP contribution in [0.3, 0.4) is 0 Å². The summed E-state index contributed by atoms with van der Waals surface area (Å²) in [5, 5.41) is 0. The molecule has 0 rings (SSSR count). The highest BCUT2D eigenvalue weighted by Gasteiger charge is 2.16. The molecule has 0 aliphatic rings. The lowest BCUT2D eigenvalue weighted by molar-refractivity contribution is -0.145. The molecule has 0 amide bonds. The second-order valence-electron chi connectivity index (χ2n) is 22.5. The van der Waals surface area contributed by atoms with Gasteiger partial charge in [-0.1, -0.05) is 233 Å². The van der Waals surface area contributed by atoms with Crippen molar-refractivity contribution in [3.05, 3.63) is 0 Å². The summed E-state index contributed by atoms with van der Waals surface area (Å²) >= 11 is 0. The van der Waals surface area contributed by atoms with E-state index in [-0.39, 0.29) is 30.3 Å². The van der Waals surface area contributed by atoms with Crippen molar-refractivity contribution >= 4 is 23.9 Å². The van der Waals surface area contributed by atoms with Crippen molar-refractivity contribution in [3.8, 4) is 0 Å². The van der Waals surface area contributed by atoms with Gasteiger partial charge in [-0.05, 0) is 52.9 Å². The molecular formula is C64H126N4O8. The molecule has 0 aliphatic heterocycles. The molecular weight excluding hydrogens is 953 g/mol. The topological polar surface area (TPSA) is 118 Å². The summed E-state index contributed by atoms with van der Waals surface area (Å²) in [7, 11) is 5.67. The lowest BCUT2D eigenvalue weighted by Crippen LogP contribution is -2.38. The average molecular weight is 1080 g/mol. The van der Waals surface area contributed by atoms with Gasteiger partial charge in [-0.25, -0.2) is 0 Å². The fraction of sp³-hybridized carbons (Fsp3) is 0.938. The Hall–Kier alpha value is -2.28. The molecule has 0 bridgehead atoms. The van der Waals surface area contributed by atoms with Gasteiger partial charge in [0.25, 0.3) is 0 Å². The van der Waals surface area contributed by atoms with E-state index in [0.29, 0.717) is 65.3 Å². The molecule has 0 radical (unpaired) electrons. The fourth-order valence-electron chi connectivity index (χ4n) is 9.83. The summed E-state index contributed by atoms with van der Waals surface area (Å²) in [6.45, 7) is 15.4. The third kappa shape index (κ3) is 55.1. The van der Waals surface area contributed by atoms with Crippen LogP contribution in [-0.2, 0) is 38.1 Å². The van der Waals surface area contributed by atoms with E-state index in [1.54, 1.807) is 0 Å². The molecule has 76 heavy (non-hydrogen) atoms. The lowest BCUT2D eigenvalue weighted by atomic mass is 10.1. The maximum atomic E-state index is 12.8. The van der Waals surface area contributed by atoms with Crippen molar-refractivity contribution in [2.45, 2.75) is 284 Å². The minimum atomic E-state index is -0.246. The highest BCUT2D eigenvalue weighted by atomic mass is 16.5. The van der Waals surface area contributed by atoms with E-state index in [4.69, 9.17) is 18.9 Å². The number of unbranched alkanes of at least 4 members (excludes halogenated alkanes) is 33. The van der Waals surface area contributed by atoms with Gasteiger partial charge in [-0.2, -0.15) is 0 Å². The van der Waals surface area contributed by atoms with Crippen LogP contribution in [0.25, 0.3) is 0 Å². The Kier molecular flexibility index (Phi) is 57.1. The number of likely N-dealkylation sites (N-methyl/N-ethyl adjacent to an activating group) is 2. The van der Waals surface area contributed by atoms with Crippen LogP contribution in [-0.4, -0.2) is 150 Å². The van der Waals surface area contributed by atoms with Gasteiger partial charge in [0.2, 0.25) is 0 Å². The minimum absolute atomic E-state index is 0.159. The third-order valence-electron chi connectivity index (χ3n) is 15.2. The number of methoxy groups -OCH3 is 1. The Morgan fingerprint density at radius 3 is 0.724 bits per heavy atom. The molecule has 0 saturated heterocycles. The van der Waals surface area contributed by atoms with Crippen molar-refractivity contribution in [1.82, 2.24) is 19.6 Å². The molecule has 0 heterocycles. The summed E-state index contributed by atoms with van der Waals surface area (Å²) < 4.78 is 21.8. The van der Waals surface area contributed by atoms with Gasteiger partial charge in [0.05, 0.1) is 52.6 Å². The van der Waals surface area contributed by atoms with E-state index in [1.165, 1.54) is 200 Å². The standard InChI is InChI=1S/C64H126N4O8/c1-7-10-13-16-19-22-25-28-31-34-37-40-58-74-62(70)45-51-67(50-44-61(69)73-6)56-54-65(4)48-43-49-66(5)55-57-68(52-46-63(71)75-59-41-38-35-32-29-26-23-20-17-14-11-8-2)53-47-64(72)76-60-42-39-36-33-30-27-24-21-18-15-12-9-3/h7-60H2,1-6H3. The van der Waals surface area contributed by atoms with E-state index in [1.807, 2.05) is 0 Å². The van der Waals surface area contributed by atoms with Gasteiger partial charge >= 0.3 is 23.9 Å². The zero-order valence-corrected chi connectivity index (χ0v) is 51.2. The van der Waals surface area contributed by atoms with Crippen molar-refractivity contribution in [1.29, 1.82) is 0 Å². The summed E-state index contributed by atoms with van der Waals surface area (Å²) in [6, 6.07) is 0. The predicted octanol–water partition coefficient (Wildman–Crippen LogP) is 15.3. The third-order valence-corrected chi connectivity index (χ3v) is 15.2. The Balaban J connectivity index is 4.74. The molecule has 0 aliphatic carbocycles. The molecule has 0 saturated carbocycles. The summed E-state index contributed by atoms with van der Waals surface area (Å²) in [5.41, 5.74) is 0. The van der Waals surface area contributed by atoms with E-state index >= 15 is 0 Å².